The SMILES string of the molecule is CCN(CC)CCNC(=O)CNC(=O)c1ccccc1I. The highest BCUT2D eigenvalue weighted by Gasteiger charge is 2.10. The van der Waals surface area contributed by atoms with Gasteiger partial charge in [0.2, 0.25) is 5.91 Å². The molecule has 2 N–H and O–H groups in total. The Labute approximate surface area is 139 Å². The first-order valence-corrected chi connectivity index (χ1v) is 8.18. The lowest BCUT2D eigenvalue weighted by Gasteiger charge is -2.18. The van der Waals surface area contributed by atoms with Crippen LogP contribution in [0.5, 0.6) is 0 Å². The first-order valence-electron chi connectivity index (χ1n) is 7.10. The highest BCUT2D eigenvalue weighted by atomic mass is 127. The summed E-state index contributed by atoms with van der Waals surface area (Å²) in [5.74, 6) is -0.389. The Kier molecular flexibility index (Phi) is 8.29. The van der Waals surface area contributed by atoms with E-state index in [2.05, 4.69) is 52.0 Å². The molecule has 0 aliphatic rings. The fourth-order valence-corrected chi connectivity index (χ4v) is 2.49. The van der Waals surface area contributed by atoms with Crippen molar-refractivity contribution in [2.75, 3.05) is 32.7 Å². The average Bonchev–Trinajstić information content (AvgIpc) is 2.49. The third-order valence-corrected chi connectivity index (χ3v) is 4.11. The number of benzene rings is 1. The molecule has 0 aromatic heterocycles. The Balaban J connectivity index is 2.30. The molecule has 0 aliphatic heterocycles. The molecule has 0 bridgehead atoms. The minimum atomic E-state index is -0.223. The fourth-order valence-electron chi connectivity index (χ4n) is 1.86. The predicted molar refractivity (Wildman–Crippen MR) is 92.3 cm³/mol. The van der Waals surface area contributed by atoms with Crippen LogP contribution in [-0.4, -0.2) is 49.4 Å². The lowest BCUT2D eigenvalue weighted by molar-refractivity contribution is -0.120. The fraction of sp³-hybridized carbons (Fsp3) is 0.467. The van der Waals surface area contributed by atoms with E-state index in [1.165, 1.54) is 0 Å². The van der Waals surface area contributed by atoms with Gasteiger partial charge in [0.15, 0.2) is 0 Å². The Morgan fingerprint density at radius 1 is 1.14 bits per heavy atom. The van der Waals surface area contributed by atoms with E-state index >= 15 is 0 Å². The predicted octanol–water partition coefficient (Wildman–Crippen LogP) is 1.48. The van der Waals surface area contributed by atoms with E-state index in [0.717, 1.165) is 23.2 Å². The van der Waals surface area contributed by atoms with Crippen LogP contribution in [0.25, 0.3) is 0 Å². The van der Waals surface area contributed by atoms with E-state index in [4.69, 9.17) is 0 Å². The Morgan fingerprint density at radius 3 is 2.43 bits per heavy atom. The first kappa shape index (κ1) is 17.9. The minimum Gasteiger partial charge on any atom is -0.353 e. The van der Waals surface area contributed by atoms with Crippen LogP contribution < -0.4 is 10.6 Å². The number of likely N-dealkylation sites (N-methyl/N-ethyl adjacent to an activating group) is 1. The number of carbonyl (C=O) groups excluding carboxylic acids is 2. The van der Waals surface area contributed by atoms with Crippen molar-refractivity contribution in [3.05, 3.63) is 33.4 Å². The molecule has 6 heteroatoms. The molecule has 0 unspecified atom stereocenters. The van der Waals surface area contributed by atoms with Gasteiger partial charge in [-0.2, -0.15) is 0 Å². The van der Waals surface area contributed by atoms with Crippen LogP contribution in [0.4, 0.5) is 0 Å². The van der Waals surface area contributed by atoms with Crippen molar-refractivity contribution in [1.29, 1.82) is 0 Å². The summed E-state index contributed by atoms with van der Waals surface area (Å²) in [6.45, 7) is 7.54. The molecule has 0 saturated carbocycles. The van der Waals surface area contributed by atoms with Gasteiger partial charge in [-0.3, -0.25) is 9.59 Å². The number of hydrogen-bond acceptors (Lipinski definition) is 3. The third kappa shape index (κ3) is 6.43. The number of carbonyl (C=O) groups is 2. The molecule has 0 saturated heterocycles. The van der Waals surface area contributed by atoms with E-state index in [0.29, 0.717) is 12.1 Å². The second kappa shape index (κ2) is 9.73. The number of hydrogen-bond donors (Lipinski definition) is 2. The maximum Gasteiger partial charge on any atom is 0.252 e. The van der Waals surface area contributed by atoms with Crippen molar-refractivity contribution in [2.24, 2.45) is 0 Å². The molecule has 0 aliphatic carbocycles. The first-order chi connectivity index (χ1) is 10.1. The lowest BCUT2D eigenvalue weighted by atomic mass is 10.2. The molecule has 1 aromatic rings. The van der Waals surface area contributed by atoms with E-state index in [1.54, 1.807) is 12.1 Å². The summed E-state index contributed by atoms with van der Waals surface area (Å²) in [6, 6.07) is 7.29. The van der Waals surface area contributed by atoms with Gasteiger partial charge in [0.25, 0.3) is 5.91 Å². The summed E-state index contributed by atoms with van der Waals surface area (Å²) in [4.78, 5) is 25.8. The van der Waals surface area contributed by atoms with E-state index in [9.17, 15) is 9.59 Å². The van der Waals surface area contributed by atoms with Crippen LogP contribution in [0.3, 0.4) is 0 Å². The molecule has 1 aromatic carbocycles. The average molecular weight is 403 g/mol. The van der Waals surface area contributed by atoms with Crippen LogP contribution in [0, 0.1) is 3.57 Å². The van der Waals surface area contributed by atoms with E-state index in [1.807, 2.05) is 12.1 Å². The topological polar surface area (TPSA) is 61.4 Å². The summed E-state index contributed by atoms with van der Waals surface area (Å²) in [5, 5.41) is 5.44. The molecule has 0 radical (unpaired) electrons. The molecule has 116 valence electrons. The zero-order valence-electron chi connectivity index (χ0n) is 12.5. The molecular weight excluding hydrogens is 381 g/mol. The molecule has 2 amide bonds. The zero-order valence-corrected chi connectivity index (χ0v) is 14.6. The summed E-state index contributed by atoms with van der Waals surface area (Å²) in [6.07, 6.45) is 0. The molecule has 0 fully saturated rings. The van der Waals surface area contributed by atoms with Gasteiger partial charge in [0.05, 0.1) is 12.1 Å². The zero-order chi connectivity index (χ0) is 15.7. The largest absolute Gasteiger partial charge is 0.353 e. The van der Waals surface area contributed by atoms with Gasteiger partial charge in [-0.15, -0.1) is 0 Å². The van der Waals surface area contributed by atoms with Gasteiger partial charge in [0.1, 0.15) is 0 Å². The standard InChI is InChI=1S/C15H22IN3O2/c1-3-19(4-2)10-9-17-14(20)11-18-15(21)12-7-5-6-8-13(12)16/h5-8H,3-4,9-11H2,1-2H3,(H,17,20)(H,18,21). The number of amides is 2. The maximum atomic E-state index is 11.9. The molecular formula is C15H22IN3O2. The van der Waals surface area contributed by atoms with Gasteiger partial charge < -0.3 is 15.5 Å². The van der Waals surface area contributed by atoms with Crippen LogP contribution in [0.15, 0.2) is 24.3 Å². The Morgan fingerprint density at radius 2 is 1.81 bits per heavy atom. The van der Waals surface area contributed by atoms with Crippen molar-refractivity contribution >= 4 is 34.4 Å². The number of rotatable bonds is 8. The Hall–Kier alpha value is -1.15. The number of halogens is 1. The molecule has 0 heterocycles. The molecule has 21 heavy (non-hydrogen) atoms. The second-order valence-electron chi connectivity index (χ2n) is 4.54. The van der Waals surface area contributed by atoms with Gasteiger partial charge in [0, 0.05) is 16.7 Å². The molecule has 0 atom stereocenters. The van der Waals surface area contributed by atoms with Crippen molar-refractivity contribution in [3.8, 4) is 0 Å². The minimum absolute atomic E-state index is 0.00204. The van der Waals surface area contributed by atoms with Crippen molar-refractivity contribution in [1.82, 2.24) is 15.5 Å². The lowest BCUT2D eigenvalue weighted by Crippen LogP contribution is -2.40. The second-order valence-corrected chi connectivity index (χ2v) is 5.70. The number of nitrogens with zero attached hydrogens (tertiary/aromatic N) is 1. The maximum absolute atomic E-state index is 11.9. The molecule has 5 nitrogen and oxygen atoms in total. The van der Waals surface area contributed by atoms with Crippen LogP contribution in [0.1, 0.15) is 24.2 Å². The van der Waals surface area contributed by atoms with Crippen LogP contribution in [-0.2, 0) is 4.79 Å². The quantitative estimate of drug-likeness (QED) is 0.647. The molecule has 0 spiro atoms. The van der Waals surface area contributed by atoms with Gasteiger partial charge in [-0.05, 0) is 47.8 Å². The highest BCUT2D eigenvalue weighted by Crippen LogP contribution is 2.10. The summed E-state index contributed by atoms with van der Waals surface area (Å²) < 4.78 is 0.870. The summed E-state index contributed by atoms with van der Waals surface area (Å²) >= 11 is 2.10. The van der Waals surface area contributed by atoms with E-state index < -0.39 is 0 Å². The van der Waals surface area contributed by atoms with Crippen molar-refractivity contribution < 1.29 is 9.59 Å². The Bertz CT molecular complexity index is 476. The van der Waals surface area contributed by atoms with Crippen LogP contribution in [0.2, 0.25) is 0 Å². The van der Waals surface area contributed by atoms with Crippen LogP contribution >= 0.6 is 22.6 Å². The monoisotopic (exact) mass is 403 g/mol. The van der Waals surface area contributed by atoms with E-state index in [-0.39, 0.29) is 18.4 Å². The van der Waals surface area contributed by atoms with Crippen molar-refractivity contribution in [3.63, 3.8) is 0 Å². The smallest absolute Gasteiger partial charge is 0.252 e. The highest BCUT2D eigenvalue weighted by molar-refractivity contribution is 14.1. The third-order valence-electron chi connectivity index (χ3n) is 3.17. The summed E-state index contributed by atoms with van der Waals surface area (Å²) in [5.41, 5.74) is 0.592. The summed E-state index contributed by atoms with van der Waals surface area (Å²) in [7, 11) is 0. The number of nitrogens with one attached hydrogen (secondary N) is 2. The van der Waals surface area contributed by atoms with Gasteiger partial charge in [-0.1, -0.05) is 26.0 Å². The van der Waals surface area contributed by atoms with Gasteiger partial charge >= 0.3 is 0 Å². The molecule has 1 rings (SSSR count). The normalized spacial score (nSPS) is 10.5. The van der Waals surface area contributed by atoms with Gasteiger partial charge in [-0.25, -0.2) is 0 Å². The van der Waals surface area contributed by atoms with Crippen molar-refractivity contribution in [2.45, 2.75) is 13.8 Å².